The molecule has 1 aromatic heterocycles. The van der Waals surface area contributed by atoms with E-state index < -0.39 is 0 Å². The van der Waals surface area contributed by atoms with Crippen molar-refractivity contribution in [1.29, 1.82) is 0 Å². The first kappa shape index (κ1) is 20.9. The smallest absolute Gasteiger partial charge is 0.311 e. The number of benzene rings is 1. The van der Waals surface area contributed by atoms with Crippen molar-refractivity contribution in [3.8, 4) is 5.75 Å². The van der Waals surface area contributed by atoms with Crippen LogP contribution < -0.4 is 10.2 Å². The molecule has 6 nitrogen and oxygen atoms in total. The summed E-state index contributed by atoms with van der Waals surface area (Å²) in [5, 5.41) is 6.76. The normalized spacial score (nSPS) is 11.2. The van der Waals surface area contributed by atoms with Gasteiger partial charge in [0.2, 0.25) is 5.13 Å². The summed E-state index contributed by atoms with van der Waals surface area (Å²) in [6.45, 7) is 11.1. The lowest BCUT2D eigenvalue weighted by Crippen LogP contribution is -2.07. The molecule has 0 spiro atoms. The zero-order valence-electron chi connectivity index (χ0n) is 16.5. The molecule has 0 fully saturated rings. The molecule has 0 atom stereocenters. The van der Waals surface area contributed by atoms with Crippen LogP contribution >= 0.6 is 11.3 Å². The van der Waals surface area contributed by atoms with Gasteiger partial charge in [0.1, 0.15) is 5.75 Å². The Kier molecular flexibility index (Phi) is 7.79. The molecule has 0 unspecified atom stereocenters. The third-order valence-corrected chi connectivity index (χ3v) is 4.66. The first-order valence-corrected chi connectivity index (χ1v) is 9.98. The molecule has 0 aliphatic rings. The van der Waals surface area contributed by atoms with Gasteiger partial charge in [0.15, 0.2) is 0 Å². The number of thiazole rings is 1. The number of hydrazone groups is 1. The summed E-state index contributed by atoms with van der Waals surface area (Å²) in [6, 6.07) is 4.17. The summed E-state index contributed by atoms with van der Waals surface area (Å²) in [5.74, 6) is 1.01. The van der Waals surface area contributed by atoms with Crippen molar-refractivity contribution in [1.82, 2.24) is 4.98 Å². The molecule has 1 heterocycles. The summed E-state index contributed by atoms with van der Waals surface area (Å²) < 4.78 is 10.7. The molecule has 146 valence electrons. The Bertz CT molecular complexity index is 800. The number of hydrogen-bond acceptors (Lipinski definition) is 7. The Hall–Kier alpha value is -2.41. The maximum Gasteiger partial charge on any atom is 0.311 e. The van der Waals surface area contributed by atoms with Crippen molar-refractivity contribution < 1.29 is 14.3 Å². The Morgan fingerprint density at radius 1 is 1.33 bits per heavy atom. The lowest BCUT2D eigenvalue weighted by atomic mass is 9.97. The average Bonchev–Trinajstić information content (AvgIpc) is 3.04. The average molecular weight is 390 g/mol. The maximum absolute atomic E-state index is 11.5. The van der Waals surface area contributed by atoms with E-state index >= 15 is 0 Å². The Morgan fingerprint density at radius 3 is 2.78 bits per heavy atom. The van der Waals surface area contributed by atoms with Crippen molar-refractivity contribution in [3.63, 3.8) is 0 Å². The highest BCUT2D eigenvalue weighted by Gasteiger charge is 2.11. The van der Waals surface area contributed by atoms with E-state index in [-0.39, 0.29) is 12.4 Å². The van der Waals surface area contributed by atoms with E-state index in [2.05, 4.69) is 41.5 Å². The van der Waals surface area contributed by atoms with E-state index in [1.54, 1.807) is 13.1 Å². The van der Waals surface area contributed by atoms with Crippen LogP contribution in [-0.4, -0.2) is 30.4 Å². The van der Waals surface area contributed by atoms with Crippen LogP contribution in [0, 0.1) is 6.92 Å². The second-order valence-electron chi connectivity index (χ2n) is 6.33. The van der Waals surface area contributed by atoms with Crippen molar-refractivity contribution in [2.75, 3.05) is 18.6 Å². The number of nitrogens with zero attached hydrogens (tertiary/aromatic N) is 2. The van der Waals surface area contributed by atoms with E-state index in [4.69, 9.17) is 9.47 Å². The van der Waals surface area contributed by atoms with Gasteiger partial charge < -0.3 is 9.47 Å². The zero-order valence-corrected chi connectivity index (χ0v) is 17.4. The van der Waals surface area contributed by atoms with Crippen LogP contribution in [0.1, 0.15) is 56.0 Å². The second-order valence-corrected chi connectivity index (χ2v) is 7.19. The monoisotopic (exact) mass is 389 g/mol. The fraction of sp³-hybridized carbons (Fsp3) is 0.450. The molecule has 1 aromatic carbocycles. The fourth-order valence-corrected chi connectivity index (χ4v) is 3.20. The van der Waals surface area contributed by atoms with Gasteiger partial charge in [-0.15, -0.1) is 11.3 Å². The number of aromatic nitrogens is 1. The van der Waals surface area contributed by atoms with Gasteiger partial charge in [0, 0.05) is 5.38 Å². The van der Waals surface area contributed by atoms with Crippen LogP contribution in [0.2, 0.25) is 0 Å². The van der Waals surface area contributed by atoms with Gasteiger partial charge in [-0.3, -0.25) is 10.2 Å². The van der Waals surface area contributed by atoms with E-state index in [1.165, 1.54) is 11.3 Å². The molecule has 0 aliphatic carbocycles. The number of ether oxygens (including phenoxy) is 2. The van der Waals surface area contributed by atoms with E-state index in [0.717, 1.165) is 22.4 Å². The van der Waals surface area contributed by atoms with Gasteiger partial charge in [0.05, 0.1) is 31.5 Å². The molecular formula is C20H27N3O3S. The highest BCUT2D eigenvalue weighted by atomic mass is 32.1. The number of carbonyl (C=O) groups is 1. The van der Waals surface area contributed by atoms with Crippen LogP contribution in [0.5, 0.6) is 5.75 Å². The van der Waals surface area contributed by atoms with Gasteiger partial charge in [-0.25, -0.2) is 4.98 Å². The standard InChI is InChI=1S/C20H27N3O3S/c1-6-25-18-8-14(5)15(9-17(18)13(3)4)11-21-23-20-22-16(12-27-20)10-19(24)26-7-2/h8-9,11-13H,6-7,10H2,1-5H3,(H,22,23). The van der Waals surface area contributed by atoms with Crippen LogP contribution in [-0.2, 0) is 16.0 Å². The summed E-state index contributed by atoms with van der Waals surface area (Å²) in [7, 11) is 0. The van der Waals surface area contributed by atoms with E-state index in [9.17, 15) is 4.79 Å². The topological polar surface area (TPSA) is 72.8 Å². The Balaban J connectivity index is 2.07. The lowest BCUT2D eigenvalue weighted by molar-refractivity contribution is -0.142. The molecule has 0 saturated carbocycles. The van der Waals surface area contributed by atoms with Gasteiger partial charge >= 0.3 is 5.97 Å². The van der Waals surface area contributed by atoms with E-state index in [0.29, 0.717) is 30.0 Å². The summed E-state index contributed by atoms with van der Waals surface area (Å²) in [5.41, 5.74) is 6.89. The zero-order chi connectivity index (χ0) is 19.8. The minimum atomic E-state index is -0.274. The minimum absolute atomic E-state index is 0.172. The first-order chi connectivity index (χ1) is 12.9. The largest absolute Gasteiger partial charge is 0.494 e. The number of aryl methyl sites for hydroxylation is 1. The number of esters is 1. The quantitative estimate of drug-likeness (QED) is 0.388. The molecular weight excluding hydrogens is 362 g/mol. The van der Waals surface area contributed by atoms with Crippen LogP contribution in [0.15, 0.2) is 22.6 Å². The number of carbonyl (C=O) groups excluding carboxylic acids is 1. The molecule has 0 saturated heterocycles. The fourth-order valence-electron chi connectivity index (χ4n) is 2.54. The molecule has 2 aromatic rings. The van der Waals surface area contributed by atoms with Gasteiger partial charge in [-0.05, 0) is 55.5 Å². The predicted molar refractivity (Wildman–Crippen MR) is 110 cm³/mol. The second kappa shape index (κ2) is 10.1. The number of anilines is 1. The third-order valence-electron chi connectivity index (χ3n) is 3.87. The molecule has 2 rings (SSSR count). The number of rotatable bonds is 9. The predicted octanol–water partition coefficient (Wildman–Crippen LogP) is 4.53. The molecule has 0 aliphatic heterocycles. The van der Waals surface area contributed by atoms with Crippen LogP contribution in [0.25, 0.3) is 0 Å². The van der Waals surface area contributed by atoms with Crippen LogP contribution in [0.4, 0.5) is 5.13 Å². The van der Waals surface area contributed by atoms with Gasteiger partial charge in [0.25, 0.3) is 0 Å². The highest BCUT2D eigenvalue weighted by Crippen LogP contribution is 2.29. The van der Waals surface area contributed by atoms with Crippen molar-refractivity contribution in [2.45, 2.75) is 47.0 Å². The molecule has 0 bridgehead atoms. The third kappa shape index (κ3) is 6.06. The molecule has 1 N–H and O–H groups in total. The molecule has 27 heavy (non-hydrogen) atoms. The van der Waals surface area contributed by atoms with Gasteiger partial charge in [-0.2, -0.15) is 5.10 Å². The Morgan fingerprint density at radius 2 is 2.11 bits per heavy atom. The van der Waals surface area contributed by atoms with Crippen LogP contribution in [0.3, 0.4) is 0 Å². The first-order valence-electron chi connectivity index (χ1n) is 9.11. The lowest BCUT2D eigenvalue weighted by Gasteiger charge is -2.15. The van der Waals surface area contributed by atoms with Crippen molar-refractivity contribution in [3.05, 3.63) is 39.9 Å². The van der Waals surface area contributed by atoms with Gasteiger partial charge in [-0.1, -0.05) is 13.8 Å². The Labute approximate surface area is 164 Å². The molecule has 7 heteroatoms. The summed E-state index contributed by atoms with van der Waals surface area (Å²) >= 11 is 1.40. The molecule has 0 radical (unpaired) electrons. The van der Waals surface area contributed by atoms with Crippen molar-refractivity contribution in [2.24, 2.45) is 5.10 Å². The summed E-state index contributed by atoms with van der Waals surface area (Å²) in [4.78, 5) is 15.8. The SMILES string of the molecule is CCOC(=O)Cc1csc(NN=Cc2cc(C(C)C)c(OCC)cc2C)n1. The maximum atomic E-state index is 11.5. The number of nitrogens with one attached hydrogen (secondary N) is 1. The molecule has 0 amide bonds. The number of hydrogen-bond donors (Lipinski definition) is 1. The summed E-state index contributed by atoms with van der Waals surface area (Å²) in [6.07, 6.45) is 1.95. The highest BCUT2D eigenvalue weighted by molar-refractivity contribution is 7.13. The van der Waals surface area contributed by atoms with Crippen molar-refractivity contribution >= 4 is 28.7 Å². The van der Waals surface area contributed by atoms with E-state index in [1.807, 2.05) is 19.2 Å². The minimum Gasteiger partial charge on any atom is -0.494 e.